The van der Waals surface area contributed by atoms with Crippen molar-refractivity contribution in [2.75, 3.05) is 7.05 Å². The molecule has 0 aliphatic rings. The summed E-state index contributed by atoms with van der Waals surface area (Å²) < 4.78 is 0. The van der Waals surface area contributed by atoms with Crippen LogP contribution in [0.15, 0.2) is 0 Å². The smallest absolute Gasteiger partial charge is 0.210 e. The molecule has 3 nitrogen and oxygen atoms in total. The zero-order valence-corrected chi connectivity index (χ0v) is 6.63. The second kappa shape index (κ2) is 4.04. The largest absolute Gasteiger partial charge is 0.338 e. The number of carbonyl (C=O) groups is 2. The molecular weight excluding hydrogens is 130 g/mol. The average molecular weight is 143 g/mol. The predicted octanol–water partition coefficient (Wildman–Crippen LogP) is 0.442. The van der Waals surface area contributed by atoms with Gasteiger partial charge in [-0.25, -0.2) is 0 Å². The molecule has 1 amide bonds. The molecule has 0 aliphatic carbocycles. The number of amides is 1. The molecule has 58 valence electrons. The summed E-state index contributed by atoms with van der Waals surface area (Å²) in [7, 11) is 1.61. The zero-order chi connectivity index (χ0) is 8.15. The van der Waals surface area contributed by atoms with Crippen molar-refractivity contribution in [2.45, 2.75) is 26.3 Å². The Bertz CT molecular complexity index is 134. The minimum atomic E-state index is -0.238. The Kier molecular flexibility index (Phi) is 3.69. The van der Waals surface area contributed by atoms with Crippen LogP contribution < -0.4 is 0 Å². The third-order valence-corrected chi connectivity index (χ3v) is 1.51. The summed E-state index contributed by atoms with van der Waals surface area (Å²) in [6, 6.07) is -0.238. The van der Waals surface area contributed by atoms with Gasteiger partial charge in [0.1, 0.15) is 0 Å². The number of carbonyl (C=O) groups excluding carboxylic acids is 2. The van der Waals surface area contributed by atoms with Crippen LogP contribution in [-0.4, -0.2) is 30.2 Å². The van der Waals surface area contributed by atoms with E-state index >= 15 is 0 Å². The van der Waals surface area contributed by atoms with E-state index in [0.717, 1.165) is 0 Å². The maximum atomic E-state index is 10.8. The van der Waals surface area contributed by atoms with Gasteiger partial charge in [0, 0.05) is 7.05 Å². The standard InChI is InChI=1S/C7H13NO2/c1-4-7(6(2)10)8(3)5-9/h5,7H,4H2,1-3H3. The van der Waals surface area contributed by atoms with E-state index in [2.05, 4.69) is 0 Å². The van der Waals surface area contributed by atoms with Gasteiger partial charge in [-0.3, -0.25) is 9.59 Å². The Labute approximate surface area is 61.0 Å². The lowest BCUT2D eigenvalue weighted by Gasteiger charge is -2.19. The van der Waals surface area contributed by atoms with E-state index in [1.54, 1.807) is 7.05 Å². The van der Waals surface area contributed by atoms with E-state index in [1.807, 2.05) is 6.92 Å². The fraction of sp³-hybridized carbons (Fsp3) is 0.714. The minimum absolute atomic E-state index is 0.0390. The van der Waals surface area contributed by atoms with E-state index in [-0.39, 0.29) is 11.8 Å². The highest BCUT2D eigenvalue weighted by atomic mass is 16.1. The van der Waals surface area contributed by atoms with E-state index in [1.165, 1.54) is 11.8 Å². The number of rotatable bonds is 4. The molecule has 0 saturated carbocycles. The summed E-state index contributed by atoms with van der Waals surface area (Å²) in [5.41, 5.74) is 0. The lowest BCUT2D eigenvalue weighted by molar-refractivity contribution is -0.129. The van der Waals surface area contributed by atoms with Crippen molar-refractivity contribution in [3.05, 3.63) is 0 Å². The van der Waals surface area contributed by atoms with E-state index in [0.29, 0.717) is 12.8 Å². The first-order valence-corrected chi connectivity index (χ1v) is 3.31. The highest BCUT2D eigenvalue weighted by Gasteiger charge is 2.14. The Morgan fingerprint density at radius 2 is 2.20 bits per heavy atom. The van der Waals surface area contributed by atoms with Crippen LogP contribution in [0.2, 0.25) is 0 Å². The van der Waals surface area contributed by atoms with Gasteiger partial charge in [0.2, 0.25) is 6.41 Å². The van der Waals surface area contributed by atoms with Crippen molar-refractivity contribution in [2.24, 2.45) is 0 Å². The SMILES string of the molecule is CCC(C(C)=O)N(C)C=O. The molecule has 0 aromatic rings. The maximum Gasteiger partial charge on any atom is 0.210 e. The number of ketones is 1. The van der Waals surface area contributed by atoms with Gasteiger partial charge in [0.15, 0.2) is 5.78 Å². The second-order valence-corrected chi connectivity index (χ2v) is 2.31. The molecule has 0 rings (SSSR count). The highest BCUT2D eigenvalue weighted by Crippen LogP contribution is 1.99. The fourth-order valence-corrected chi connectivity index (χ4v) is 0.936. The fourth-order valence-electron chi connectivity index (χ4n) is 0.936. The van der Waals surface area contributed by atoms with Gasteiger partial charge in [-0.05, 0) is 13.3 Å². The molecule has 0 aromatic carbocycles. The Morgan fingerprint density at radius 1 is 1.70 bits per heavy atom. The molecule has 0 N–H and O–H groups in total. The molecule has 0 heterocycles. The Hall–Kier alpha value is -0.860. The second-order valence-electron chi connectivity index (χ2n) is 2.31. The Morgan fingerprint density at radius 3 is 2.30 bits per heavy atom. The van der Waals surface area contributed by atoms with Crippen LogP contribution in [0.5, 0.6) is 0 Å². The zero-order valence-electron chi connectivity index (χ0n) is 6.63. The van der Waals surface area contributed by atoms with Gasteiger partial charge in [0.25, 0.3) is 0 Å². The lowest BCUT2D eigenvalue weighted by Crippen LogP contribution is -2.35. The van der Waals surface area contributed by atoms with Crippen molar-refractivity contribution < 1.29 is 9.59 Å². The monoisotopic (exact) mass is 143 g/mol. The molecule has 3 heteroatoms. The first kappa shape index (κ1) is 9.14. The molecule has 1 atom stereocenters. The third-order valence-electron chi connectivity index (χ3n) is 1.51. The molecule has 1 unspecified atom stereocenters. The van der Waals surface area contributed by atoms with Crippen molar-refractivity contribution >= 4 is 12.2 Å². The lowest BCUT2D eigenvalue weighted by atomic mass is 10.1. The highest BCUT2D eigenvalue weighted by molar-refractivity contribution is 5.83. The summed E-state index contributed by atoms with van der Waals surface area (Å²) in [6.07, 6.45) is 1.36. The van der Waals surface area contributed by atoms with E-state index in [4.69, 9.17) is 0 Å². The first-order chi connectivity index (χ1) is 4.63. The summed E-state index contributed by atoms with van der Waals surface area (Å²) in [5, 5.41) is 0. The van der Waals surface area contributed by atoms with E-state index in [9.17, 15) is 9.59 Å². The minimum Gasteiger partial charge on any atom is -0.338 e. The number of hydrogen-bond donors (Lipinski definition) is 0. The Balaban J connectivity index is 4.05. The van der Waals surface area contributed by atoms with Crippen LogP contribution in [0.25, 0.3) is 0 Å². The van der Waals surface area contributed by atoms with Gasteiger partial charge in [-0.15, -0.1) is 0 Å². The van der Waals surface area contributed by atoms with Crippen molar-refractivity contribution in [1.82, 2.24) is 4.90 Å². The topological polar surface area (TPSA) is 37.4 Å². The molecule has 10 heavy (non-hydrogen) atoms. The number of Topliss-reactive ketones (excluding diaryl/α,β-unsaturated/α-hetero) is 1. The molecule has 0 radical (unpaired) electrons. The molecule has 0 aliphatic heterocycles. The maximum absolute atomic E-state index is 10.8. The third kappa shape index (κ3) is 2.17. The summed E-state index contributed by atoms with van der Waals surface area (Å²) in [6.45, 7) is 3.38. The van der Waals surface area contributed by atoms with Crippen LogP contribution >= 0.6 is 0 Å². The summed E-state index contributed by atoms with van der Waals surface area (Å²) in [4.78, 5) is 22.3. The predicted molar refractivity (Wildman–Crippen MR) is 38.6 cm³/mol. The van der Waals surface area contributed by atoms with Gasteiger partial charge in [-0.2, -0.15) is 0 Å². The number of hydrogen-bond acceptors (Lipinski definition) is 2. The molecule has 0 aromatic heterocycles. The molecule has 0 saturated heterocycles. The number of nitrogens with zero attached hydrogens (tertiary/aromatic N) is 1. The average Bonchev–Trinajstić information content (AvgIpc) is 1.88. The molecular formula is C7H13NO2. The molecule has 0 bridgehead atoms. The van der Waals surface area contributed by atoms with E-state index < -0.39 is 0 Å². The normalized spacial score (nSPS) is 12.3. The van der Waals surface area contributed by atoms with Crippen molar-refractivity contribution in [1.29, 1.82) is 0 Å². The van der Waals surface area contributed by atoms with Crippen LogP contribution in [0, 0.1) is 0 Å². The van der Waals surface area contributed by atoms with Gasteiger partial charge < -0.3 is 4.90 Å². The van der Waals surface area contributed by atoms with Gasteiger partial charge >= 0.3 is 0 Å². The summed E-state index contributed by atoms with van der Waals surface area (Å²) in [5.74, 6) is 0.0390. The number of likely N-dealkylation sites (N-methyl/N-ethyl adjacent to an activating group) is 1. The van der Waals surface area contributed by atoms with Crippen LogP contribution in [0.4, 0.5) is 0 Å². The van der Waals surface area contributed by atoms with Crippen LogP contribution in [0.1, 0.15) is 20.3 Å². The van der Waals surface area contributed by atoms with Crippen molar-refractivity contribution in [3.8, 4) is 0 Å². The quantitative estimate of drug-likeness (QED) is 0.535. The van der Waals surface area contributed by atoms with Gasteiger partial charge in [0.05, 0.1) is 6.04 Å². The van der Waals surface area contributed by atoms with Crippen molar-refractivity contribution in [3.63, 3.8) is 0 Å². The van der Waals surface area contributed by atoms with Crippen LogP contribution in [0.3, 0.4) is 0 Å². The molecule has 0 spiro atoms. The van der Waals surface area contributed by atoms with Gasteiger partial charge in [-0.1, -0.05) is 6.92 Å². The summed E-state index contributed by atoms with van der Waals surface area (Å²) >= 11 is 0. The van der Waals surface area contributed by atoms with Crippen LogP contribution in [-0.2, 0) is 9.59 Å². The first-order valence-electron chi connectivity index (χ1n) is 3.31. The molecule has 0 fully saturated rings.